The van der Waals surface area contributed by atoms with Crippen LogP contribution in [0.5, 0.6) is 0 Å². The van der Waals surface area contributed by atoms with Crippen LogP contribution in [0.15, 0.2) is 47.5 Å². The maximum absolute atomic E-state index is 12.5. The lowest BCUT2D eigenvalue weighted by Crippen LogP contribution is -2.50. The van der Waals surface area contributed by atoms with E-state index in [1.54, 1.807) is 0 Å². The monoisotopic (exact) mass is 361 g/mol. The van der Waals surface area contributed by atoms with Gasteiger partial charge in [-0.1, -0.05) is 53.6 Å². The summed E-state index contributed by atoms with van der Waals surface area (Å²) in [6.45, 7) is 9.22. The molecule has 0 bridgehead atoms. The van der Waals surface area contributed by atoms with Crippen molar-refractivity contribution < 1.29 is 4.79 Å². The van der Waals surface area contributed by atoms with Crippen LogP contribution in [0.3, 0.4) is 0 Å². The summed E-state index contributed by atoms with van der Waals surface area (Å²) in [4.78, 5) is 19.9. The number of carbonyl (C=O) groups is 1. The lowest BCUT2D eigenvalue weighted by molar-refractivity contribution is -0.115. The molecule has 2 aliphatic heterocycles. The fourth-order valence-corrected chi connectivity index (χ4v) is 4.00. The van der Waals surface area contributed by atoms with Crippen LogP contribution in [-0.2, 0) is 11.3 Å². The molecule has 0 aliphatic carbocycles. The molecule has 1 saturated heterocycles. The average molecular weight is 361 g/mol. The summed E-state index contributed by atoms with van der Waals surface area (Å²) in [5, 5.41) is 3.17. The molecule has 2 aliphatic rings. The minimum absolute atomic E-state index is 0.0400. The van der Waals surface area contributed by atoms with Gasteiger partial charge in [-0.05, 0) is 31.9 Å². The van der Waals surface area contributed by atoms with Gasteiger partial charge >= 0.3 is 0 Å². The van der Waals surface area contributed by atoms with Crippen molar-refractivity contribution in [1.29, 1.82) is 0 Å². The van der Waals surface area contributed by atoms with E-state index in [9.17, 15) is 4.79 Å². The number of carbonyl (C=O) groups excluding carboxylic acids is 1. The van der Waals surface area contributed by atoms with E-state index in [4.69, 9.17) is 4.99 Å². The molecule has 0 radical (unpaired) electrons. The van der Waals surface area contributed by atoms with E-state index in [0.29, 0.717) is 5.71 Å². The summed E-state index contributed by atoms with van der Waals surface area (Å²) in [7, 11) is 0. The van der Waals surface area contributed by atoms with Crippen LogP contribution in [0, 0.1) is 20.8 Å². The number of aryl methyl sites for hydroxylation is 3. The molecule has 1 N–H and O–H groups in total. The molecule has 140 valence electrons. The third kappa shape index (κ3) is 3.67. The van der Waals surface area contributed by atoms with Gasteiger partial charge in [-0.25, -0.2) is 0 Å². The normalized spacial score (nSPS) is 19.2. The average Bonchev–Trinajstić information content (AvgIpc) is 2.97. The number of nitrogens with zero attached hydrogens (tertiary/aromatic N) is 2. The molecule has 2 aromatic rings. The molecule has 27 heavy (non-hydrogen) atoms. The molecule has 2 aromatic carbocycles. The number of aliphatic imine (C=N–C) groups is 1. The highest BCUT2D eigenvalue weighted by Gasteiger charge is 2.42. The summed E-state index contributed by atoms with van der Waals surface area (Å²) in [6.07, 6.45) is 1.72. The Morgan fingerprint density at radius 2 is 1.67 bits per heavy atom. The Balaban J connectivity index is 1.46. The summed E-state index contributed by atoms with van der Waals surface area (Å²) in [5.41, 5.74) is 6.30. The van der Waals surface area contributed by atoms with Crippen LogP contribution < -0.4 is 5.32 Å². The fraction of sp³-hybridized carbons (Fsp3) is 0.391. The Bertz CT molecular complexity index is 890. The Morgan fingerprint density at radius 1 is 1.00 bits per heavy atom. The first-order valence-corrected chi connectivity index (χ1v) is 9.72. The molecule has 1 spiro atoms. The van der Waals surface area contributed by atoms with Gasteiger partial charge in [0.05, 0.1) is 0 Å². The second-order valence-corrected chi connectivity index (χ2v) is 8.02. The number of likely N-dealkylation sites (tertiary alicyclic amines) is 1. The molecule has 2 heterocycles. The predicted molar refractivity (Wildman–Crippen MR) is 109 cm³/mol. The van der Waals surface area contributed by atoms with Crippen molar-refractivity contribution in [2.24, 2.45) is 4.99 Å². The number of benzene rings is 2. The lowest BCUT2D eigenvalue weighted by Gasteiger charge is -2.37. The number of hydrogen-bond acceptors (Lipinski definition) is 3. The highest BCUT2D eigenvalue weighted by molar-refractivity contribution is 6.46. The van der Waals surface area contributed by atoms with Gasteiger partial charge in [0.2, 0.25) is 0 Å². The van der Waals surface area contributed by atoms with E-state index in [1.807, 2.05) is 31.2 Å². The van der Waals surface area contributed by atoms with E-state index in [-0.39, 0.29) is 5.91 Å². The van der Waals surface area contributed by atoms with E-state index >= 15 is 0 Å². The number of piperidine rings is 1. The van der Waals surface area contributed by atoms with Crippen molar-refractivity contribution in [3.63, 3.8) is 0 Å². The molecule has 0 saturated carbocycles. The van der Waals surface area contributed by atoms with Crippen molar-refractivity contribution in [3.05, 3.63) is 70.3 Å². The minimum atomic E-state index is -0.421. The zero-order valence-corrected chi connectivity index (χ0v) is 16.4. The van der Waals surface area contributed by atoms with Gasteiger partial charge in [-0.2, -0.15) is 0 Å². The quantitative estimate of drug-likeness (QED) is 0.909. The topological polar surface area (TPSA) is 44.7 Å². The molecule has 4 heteroatoms. The van der Waals surface area contributed by atoms with E-state index in [2.05, 4.69) is 42.3 Å². The fourth-order valence-electron chi connectivity index (χ4n) is 4.00. The largest absolute Gasteiger partial charge is 0.326 e. The summed E-state index contributed by atoms with van der Waals surface area (Å²) in [6, 6.07) is 14.7. The van der Waals surface area contributed by atoms with E-state index in [0.717, 1.165) is 38.0 Å². The van der Waals surface area contributed by atoms with Gasteiger partial charge in [-0.15, -0.1) is 0 Å². The molecule has 4 nitrogen and oxygen atoms in total. The lowest BCUT2D eigenvalue weighted by atomic mass is 9.97. The summed E-state index contributed by atoms with van der Waals surface area (Å²) < 4.78 is 0. The molecule has 0 aromatic heterocycles. The Hall–Kier alpha value is -2.46. The molecular weight excluding hydrogens is 334 g/mol. The van der Waals surface area contributed by atoms with Crippen LogP contribution in [0.2, 0.25) is 0 Å². The zero-order chi connectivity index (χ0) is 19.0. The van der Waals surface area contributed by atoms with Gasteiger partial charge in [0, 0.05) is 38.0 Å². The van der Waals surface area contributed by atoms with Gasteiger partial charge in [0.25, 0.3) is 5.91 Å². The molecule has 0 atom stereocenters. The smallest absolute Gasteiger partial charge is 0.272 e. The number of hydrogen-bond donors (Lipinski definition) is 1. The second-order valence-electron chi connectivity index (χ2n) is 8.02. The van der Waals surface area contributed by atoms with Gasteiger partial charge in [0.1, 0.15) is 11.4 Å². The first kappa shape index (κ1) is 17.9. The third-order valence-corrected chi connectivity index (χ3v) is 5.79. The summed E-state index contributed by atoms with van der Waals surface area (Å²) >= 11 is 0. The van der Waals surface area contributed by atoms with Crippen molar-refractivity contribution in [3.8, 4) is 0 Å². The van der Waals surface area contributed by atoms with Gasteiger partial charge in [0.15, 0.2) is 0 Å². The molecule has 1 fully saturated rings. The SMILES string of the molecule is Cc1ccc(C2=NC3(CCN(Cc4cc(C)ccc4C)CC3)NC2=O)cc1. The Morgan fingerprint density at radius 3 is 2.37 bits per heavy atom. The van der Waals surface area contributed by atoms with Gasteiger partial charge in [-0.3, -0.25) is 14.7 Å². The highest BCUT2D eigenvalue weighted by atomic mass is 16.2. The molecule has 0 unspecified atom stereocenters. The maximum atomic E-state index is 12.5. The van der Waals surface area contributed by atoms with Crippen molar-refractivity contribution >= 4 is 11.6 Å². The van der Waals surface area contributed by atoms with Gasteiger partial charge < -0.3 is 5.32 Å². The molecular formula is C23H27N3O. The van der Waals surface area contributed by atoms with Crippen LogP contribution in [0.4, 0.5) is 0 Å². The number of nitrogens with one attached hydrogen (secondary N) is 1. The minimum Gasteiger partial charge on any atom is -0.326 e. The van der Waals surface area contributed by atoms with Crippen molar-refractivity contribution in [2.45, 2.75) is 45.8 Å². The predicted octanol–water partition coefficient (Wildman–Crippen LogP) is 3.52. The van der Waals surface area contributed by atoms with Crippen molar-refractivity contribution in [2.75, 3.05) is 13.1 Å². The molecule has 1 amide bonds. The molecule has 4 rings (SSSR count). The Labute approximate surface area is 161 Å². The van der Waals surface area contributed by atoms with Crippen molar-refractivity contribution in [1.82, 2.24) is 10.2 Å². The summed E-state index contributed by atoms with van der Waals surface area (Å²) in [5.74, 6) is -0.0400. The Kier molecular flexibility index (Phi) is 4.60. The standard InChI is InChI=1S/C23H27N3O/c1-16-5-8-19(9-6-16)21-22(27)25-23(24-21)10-12-26(13-11-23)15-20-14-17(2)4-7-18(20)3/h4-9,14H,10-13,15H2,1-3H3,(H,25,27). The first-order chi connectivity index (χ1) is 12.9. The van der Waals surface area contributed by atoms with Crippen LogP contribution in [0.1, 0.15) is 40.7 Å². The van der Waals surface area contributed by atoms with E-state index in [1.165, 1.54) is 22.3 Å². The second kappa shape index (κ2) is 6.93. The van der Waals surface area contributed by atoms with Crippen LogP contribution >= 0.6 is 0 Å². The van der Waals surface area contributed by atoms with E-state index < -0.39 is 5.66 Å². The number of amides is 1. The maximum Gasteiger partial charge on any atom is 0.272 e. The highest BCUT2D eigenvalue weighted by Crippen LogP contribution is 2.30. The van der Waals surface area contributed by atoms with Crippen LogP contribution in [0.25, 0.3) is 0 Å². The van der Waals surface area contributed by atoms with Crippen LogP contribution in [-0.4, -0.2) is 35.3 Å². The zero-order valence-electron chi connectivity index (χ0n) is 16.4. The number of rotatable bonds is 3. The first-order valence-electron chi connectivity index (χ1n) is 9.72. The third-order valence-electron chi connectivity index (χ3n) is 5.79.